The summed E-state index contributed by atoms with van der Waals surface area (Å²) < 4.78 is 0. The highest BCUT2D eigenvalue weighted by Crippen LogP contribution is 2.33. The van der Waals surface area contributed by atoms with Gasteiger partial charge in [0, 0.05) is 43.7 Å². The van der Waals surface area contributed by atoms with Crippen molar-refractivity contribution < 1.29 is 9.90 Å². The summed E-state index contributed by atoms with van der Waals surface area (Å²) >= 11 is 12.2. The molecule has 1 saturated heterocycles. The maximum atomic E-state index is 11.5. The summed E-state index contributed by atoms with van der Waals surface area (Å²) in [6.45, 7) is 2.11. The van der Waals surface area contributed by atoms with E-state index in [1.165, 1.54) is 6.07 Å². The van der Waals surface area contributed by atoms with E-state index in [1.54, 1.807) is 11.0 Å². The van der Waals surface area contributed by atoms with Crippen molar-refractivity contribution in [2.24, 2.45) is 5.92 Å². The normalized spacial score (nSPS) is 19.1. The van der Waals surface area contributed by atoms with Crippen molar-refractivity contribution in [1.82, 2.24) is 9.80 Å². The van der Waals surface area contributed by atoms with Crippen molar-refractivity contribution in [2.45, 2.75) is 13.0 Å². The van der Waals surface area contributed by atoms with Gasteiger partial charge in [0.15, 0.2) is 0 Å². The zero-order valence-electron chi connectivity index (χ0n) is 11.6. The number of amides is 1. The van der Waals surface area contributed by atoms with E-state index in [2.05, 4.69) is 4.90 Å². The van der Waals surface area contributed by atoms with E-state index >= 15 is 0 Å². The highest BCUT2D eigenvalue weighted by Gasteiger charge is 2.27. The van der Waals surface area contributed by atoms with E-state index in [0.29, 0.717) is 34.5 Å². The number of aromatic hydroxyl groups is 1. The molecular weight excluding hydrogens is 299 g/mol. The Morgan fingerprint density at radius 1 is 1.45 bits per heavy atom. The van der Waals surface area contributed by atoms with E-state index in [0.717, 1.165) is 13.1 Å². The fourth-order valence-corrected chi connectivity index (χ4v) is 3.07. The molecule has 20 heavy (non-hydrogen) atoms. The van der Waals surface area contributed by atoms with Crippen LogP contribution in [0.3, 0.4) is 0 Å². The van der Waals surface area contributed by atoms with Crippen LogP contribution in [-0.2, 0) is 11.3 Å². The molecule has 1 heterocycles. The summed E-state index contributed by atoms with van der Waals surface area (Å²) in [7, 11) is 3.78. The van der Waals surface area contributed by atoms with Crippen LogP contribution in [0, 0.1) is 5.92 Å². The number of carbonyl (C=O) groups is 1. The van der Waals surface area contributed by atoms with Crippen LogP contribution >= 0.6 is 23.2 Å². The Morgan fingerprint density at radius 2 is 2.15 bits per heavy atom. The lowest BCUT2D eigenvalue weighted by atomic mass is 10.1. The molecule has 1 fully saturated rings. The fourth-order valence-electron chi connectivity index (χ4n) is 2.58. The fraction of sp³-hybridized carbons (Fsp3) is 0.500. The molecule has 1 unspecified atom stereocenters. The van der Waals surface area contributed by atoms with E-state index in [9.17, 15) is 9.90 Å². The van der Waals surface area contributed by atoms with E-state index in [1.807, 2.05) is 14.1 Å². The first kappa shape index (κ1) is 15.4. The van der Waals surface area contributed by atoms with Gasteiger partial charge in [-0.05, 0) is 25.1 Å². The van der Waals surface area contributed by atoms with Crippen molar-refractivity contribution in [1.29, 1.82) is 0 Å². The highest BCUT2D eigenvalue weighted by molar-refractivity contribution is 6.36. The first-order chi connectivity index (χ1) is 9.38. The highest BCUT2D eigenvalue weighted by atomic mass is 35.5. The van der Waals surface area contributed by atoms with Gasteiger partial charge in [-0.3, -0.25) is 4.79 Å². The molecule has 0 aromatic heterocycles. The number of nitrogens with zero attached hydrogens (tertiary/aromatic N) is 2. The number of rotatable bonds is 4. The minimum Gasteiger partial charge on any atom is -0.506 e. The maximum Gasteiger partial charge on any atom is 0.222 e. The van der Waals surface area contributed by atoms with E-state index in [-0.39, 0.29) is 11.7 Å². The quantitative estimate of drug-likeness (QED) is 0.928. The zero-order valence-corrected chi connectivity index (χ0v) is 13.1. The van der Waals surface area contributed by atoms with Crippen LogP contribution in [0.2, 0.25) is 10.0 Å². The van der Waals surface area contributed by atoms with Crippen LogP contribution < -0.4 is 0 Å². The van der Waals surface area contributed by atoms with Gasteiger partial charge in [-0.2, -0.15) is 0 Å². The number of phenolic OH excluding ortho intramolecular Hbond substituents is 1. The Balaban J connectivity index is 2.00. The van der Waals surface area contributed by atoms with Crippen LogP contribution in [-0.4, -0.2) is 48.0 Å². The van der Waals surface area contributed by atoms with Crippen LogP contribution in [0.4, 0.5) is 0 Å². The second-order valence-corrected chi connectivity index (χ2v) is 6.19. The van der Waals surface area contributed by atoms with Gasteiger partial charge in [0.2, 0.25) is 5.91 Å². The smallest absolute Gasteiger partial charge is 0.222 e. The molecule has 1 amide bonds. The van der Waals surface area contributed by atoms with E-state index in [4.69, 9.17) is 23.2 Å². The molecule has 0 radical (unpaired) electrons. The van der Waals surface area contributed by atoms with Crippen molar-refractivity contribution in [3.63, 3.8) is 0 Å². The van der Waals surface area contributed by atoms with Gasteiger partial charge >= 0.3 is 0 Å². The molecule has 0 spiro atoms. The Bertz CT molecular complexity index is 522. The number of carbonyl (C=O) groups excluding carboxylic acids is 1. The van der Waals surface area contributed by atoms with Crippen LogP contribution in [0.15, 0.2) is 12.1 Å². The summed E-state index contributed by atoms with van der Waals surface area (Å²) in [6, 6.07) is 3.12. The Hall–Kier alpha value is -0.970. The summed E-state index contributed by atoms with van der Waals surface area (Å²) in [6.07, 6.45) is 0.586. The van der Waals surface area contributed by atoms with Gasteiger partial charge < -0.3 is 14.9 Å². The molecule has 1 aliphatic rings. The number of hydrogen-bond acceptors (Lipinski definition) is 3. The molecule has 0 aliphatic carbocycles. The summed E-state index contributed by atoms with van der Waals surface area (Å²) in [5.41, 5.74) is 0.716. The van der Waals surface area contributed by atoms with Crippen molar-refractivity contribution >= 4 is 29.1 Å². The Morgan fingerprint density at radius 3 is 2.75 bits per heavy atom. The number of phenols is 1. The molecule has 6 heteroatoms. The molecule has 110 valence electrons. The van der Waals surface area contributed by atoms with Gasteiger partial charge in [-0.1, -0.05) is 23.2 Å². The predicted octanol–water partition coefficient (Wildman–Crippen LogP) is 2.61. The first-order valence-corrected chi connectivity index (χ1v) is 7.22. The predicted molar refractivity (Wildman–Crippen MR) is 80.2 cm³/mol. The first-order valence-electron chi connectivity index (χ1n) is 6.46. The summed E-state index contributed by atoms with van der Waals surface area (Å²) in [4.78, 5) is 15.3. The molecule has 0 bridgehead atoms. The van der Waals surface area contributed by atoms with Gasteiger partial charge in [0.1, 0.15) is 5.75 Å². The average molecular weight is 317 g/mol. The second-order valence-electron chi connectivity index (χ2n) is 5.40. The molecule has 2 rings (SSSR count). The lowest BCUT2D eigenvalue weighted by molar-refractivity contribution is -0.126. The minimum atomic E-state index is 0.0373. The van der Waals surface area contributed by atoms with Crippen LogP contribution in [0.5, 0.6) is 5.75 Å². The molecule has 4 nitrogen and oxygen atoms in total. The van der Waals surface area contributed by atoms with Gasteiger partial charge in [0.25, 0.3) is 0 Å². The average Bonchev–Trinajstić information content (AvgIpc) is 2.68. The molecule has 1 aliphatic heterocycles. The second kappa shape index (κ2) is 6.20. The largest absolute Gasteiger partial charge is 0.506 e. The Labute approximate surface area is 128 Å². The number of likely N-dealkylation sites (tertiary alicyclic amines) is 1. The molecule has 0 saturated carbocycles. The van der Waals surface area contributed by atoms with Crippen molar-refractivity contribution in [3.8, 4) is 5.75 Å². The van der Waals surface area contributed by atoms with Gasteiger partial charge in [0.05, 0.1) is 5.02 Å². The van der Waals surface area contributed by atoms with Crippen LogP contribution in [0.25, 0.3) is 0 Å². The number of halogens is 2. The SMILES string of the molecule is CN(Cc1c(Cl)ccc(O)c1Cl)CC1CC(=O)N(C)C1. The summed E-state index contributed by atoms with van der Waals surface area (Å²) in [5.74, 6) is 0.555. The molecule has 1 aromatic rings. The number of hydrogen-bond donors (Lipinski definition) is 1. The van der Waals surface area contributed by atoms with Crippen molar-refractivity contribution in [2.75, 3.05) is 27.2 Å². The van der Waals surface area contributed by atoms with E-state index < -0.39 is 0 Å². The number of benzene rings is 1. The van der Waals surface area contributed by atoms with Crippen LogP contribution in [0.1, 0.15) is 12.0 Å². The maximum absolute atomic E-state index is 11.5. The molecule has 1 aromatic carbocycles. The standard InChI is InChI=1S/C14H18Cl2N2O2/c1-17(6-9-5-13(20)18(2)7-9)8-10-11(15)3-4-12(19)14(10)16/h3-4,9,19H,5-8H2,1-2H3. The monoisotopic (exact) mass is 316 g/mol. The third kappa shape index (κ3) is 3.37. The third-order valence-corrected chi connectivity index (χ3v) is 4.36. The topological polar surface area (TPSA) is 43.8 Å². The van der Waals surface area contributed by atoms with Gasteiger partial charge in [-0.25, -0.2) is 0 Å². The minimum absolute atomic E-state index is 0.0373. The molecule has 1 atom stereocenters. The lowest BCUT2D eigenvalue weighted by Crippen LogP contribution is -2.27. The molecular formula is C14H18Cl2N2O2. The lowest BCUT2D eigenvalue weighted by Gasteiger charge is -2.21. The summed E-state index contributed by atoms with van der Waals surface area (Å²) in [5, 5.41) is 10.5. The van der Waals surface area contributed by atoms with Gasteiger partial charge in [-0.15, -0.1) is 0 Å². The van der Waals surface area contributed by atoms with Crippen molar-refractivity contribution in [3.05, 3.63) is 27.7 Å². The molecule has 1 N–H and O–H groups in total. The third-order valence-electron chi connectivity index (χ3n) is 3.58. The Kier molecular flexibility index (Phi) is 4.78. The zero-order chi connectivity index (χ0) is 14.9.